The summed E-state index contributed by atoms with van der Waals surface area (Å²) in [6.45, 7) is 0.137. The van der Waals surface area contributed by atoms with Gasteiger partial charge in [-0.1, -0.05) is 30.3 Å². The summed E-state index contributed by atoms with van der Waals surface area (Å²) in [6, 6.07) is 16.0. The van der Waals surface area contributed by atoms with Gasteiger partial charge in [0.1, 0.15) is 6.73 Å². The molecule has 0 aromatic heterocycles. The Morgan fingerprint density at radius 3 is 2.77 bits per heavy atom. The fraction of sp³-hybridized carbons (Fsp3) is 0.263. The molecule has 0 saturated carbocycles. The number of fused-ring (bicyclic) bond motifs is 1. The van der Waals surface area contributed by atoms with Gasteiger partial charge in [0.2, 0.25) is 0 Å². The van der Waals surface area contributed by atoms with Gasteiger partial charge in [0.25, 0.3) is 0 Å². The van der Waals surface area contributed by atoms with Crippen LogP contribution in [0.25, 0.3) is 0 Å². The molecule has 0 spiro atoms. The van der Waals surface area contributed by atoms with E-state index in [1.54, 1.807) is 30.6 Å². The van der Waals surface area contributed by atoms with Crippen molar-refractivity contribution < 1.29 is 14.3 Å². The molecule has 0 bridgehead atoms. The second kappa shape index (κ2) is 9.12. The molecule has 1 amide bonds. The van der Waals surface area contributed by atoms with Crippen LogP contribution in [0, 0.1) is 0 Å². The lowest BCUT2D eigenvalue weighted by atomic mass is 10.2. The molecule has 0 aliphatic carbocycles. The van der Waals surface area contributed by atoms with Gasteiger partial charge in [-0.15, -0.1) is 23.5 Å². The van der Waals surface area contributed by atoms with Crippen molar-refractivity contribution in [2.75, 3.05) is 31.6 Å². The summed E-state index contributed by atoms with van der Waals surface area (Å²) >= 11 is 3.50. The first-order chi connectivity index (χ1) is 12.7. The Balaban J connectivity index is 1.77. The lowest BCUT2D eigenvalue weighted by Gasteiger charge is -2.23. The first-order valence-corrected chi connectivity index (χ1v) is 10.0. The topological polar surface area (TPSA) is 51.1 Å². The van der Waals surface area contributed by atoms with Crippen LogP contribution in [-0.2, 0) is 15.2 Å². The zero-order valence-corrected chi connectivity index (χ0v) is 16.3. The molecule has 3 rings (SSSR count). The molecule has 7 heteroatoms. The van der Waals surface area contributed by atoms with Gasteiger partial charge in [-0.05, 0) is 23.8 Å². The zero-order chi connectivity index (χ0) is 18.4. The monoisotopic (exact) mass is 388 g/mol. The van der Waals surface area contributed by atoms with E-state index in [0.717, 1.165) is 33.5 Å². The molecule has 1 aliphatic heterocycles. The third-order valence-electron chi connectivity index (χ3n) is 3.79. The van der Waals surface area contributed by atoms with Gasteiger partial charge in [-0.25, -0.2) is 9.79 Å². The Hall–Kier alpha value is -1.96. The van der Waals surface area contributed by atoms with Gasteiger partial charge >= 0.3 is 6.09 Å². The van der Waals surface area contributed by atoms with Gasteiger partial charge in [0.05, 0.1) is 23.5 Å². The Kier molecular flexibility index (Phi) is 6.60. The predicted octanol–water partition coefficient (Wildman–Crippen LogP) is 4.93. The van der Waals surface area contributed by atoms with E-state index in [1.807, 2.05) is 42.5 Å². The van der Waals surface area contributed by atoms with Crippen molar-refractivity contribution in [3.63, 3.8) is 0 Å². The van der Waals surface area contributed by atoms with Gasteiger partial charge < -0.3 is 9.47 Å². The molecule has 0 unspecified atom stereocenters. The Labute approximate surface area is 161 Å². The van der Waals surface area contributed by atoms with Crippen LogP contribution < -0.4 is 4.90 Å². The largest absolute Gasteiger partial charge is 0.452 e. The number of anilines is 1. The second-order valence-electron chi connectivity index (χ2n) is 5.50. The Bertz CT molecular complexity index is 811. The average Bonchev–Trinajstić information content (AvgIpc) is 2.70. The van der Waals surface area contributed by atoms with Crippen molar-refractivity contribution in [1.29, 1.82) is 0 Å². The van der Waals surface area contributed by atoms with Crippen LogP contribution in [0.3, 0.4) is 0 Å². The van der Waals surface area contributed by atoms with Crippen LogP contribution >= 0.6 is 23.5 Å². The number of hydrogen-bond donors (Lipinski definition) is 0. The zero-order valence-electron chi connectivity index (χ0n) is 14.7. The first-order valence-electron chi connectivity index (χ1n) is 8.07. The highest BCUT2D eigenvalue weighted by Crippen LogP contribution is 2.36. The van der Waals surface area contributed by atoms with Crippen molar-refractivity contribution in [2.24, 2.45) is 4.99 Å². The second-order valence-corrected chi connectivity index (χ2v) is 7.56. The molecule has 2 aromatic carbocycles. The van der Waals surface area contributed by atoms with Crippen LogP contribution in [0.15, 0.2) is 58.4 Å². The van der Waals surface area contributed by atoms with Crippen molar-refractivity contribution in [2.45, 2.75) is 10.6 Å². The average molecular weight is 389 g/mol. The van der Waals surface area contributed by atoms with Crippen LogP contribution in [0.4, 0.5) is 16.2 Å². The SMILES string of the molecule is COCN(C(=O)OC)c1ccccc1CSC1=Nc2ccccc2SC1. The molecular formula is C19H20N2O3S2. The summed E-state index contributed by atoms with van der Waals surface area (Å²) in [6.07, 6.45) is -0.441. The normalized spacial score (nSPS) is 12.9. The number of carbonyl (C=O) groups excluding carboxylic acids is 1. The summed E-state index contributed by atoms with van der Waals surface area (Å²) < 4.78 is 10.0. The number of nitrogens with zero attached hydrogens (tertiary/aromatic N) is 2. The summed E-state index contributed by atoms with van der Waals surface area (Å²) in [4.78, 5) is 19.5. The third-order valence-corrected chi connectivity index (χ3v) is 6.07. The highest BCUT2D eigenvalue weighted by atomic mass is 32.2. The minimum Gasteiger partial charge on any atom is -0.452 e. The lowest BCUT2D eigenvalue weighted by Crippen LogP contribution is -2.33. The fourth-order valence-corrected chi connectivity index (χ4v) is 4.59. The lowest BCUT2D eigenvalue weighted by molar-refractivity contribution is 0.153. The highest BCUT2D eigenvalue weighted by Gasteiger charge is 2.20. The molecule has 0 N–H and O–H groups in total. The number of amides is 1. The summed E-state index contributed by atoms with van der Waals surface area (Å²) in [5.74, 6) is 1.58. The van der Waals surface area contributed by atoms with Crippen molar-refractivity contribution in [1.82, 2.24) is 0 Å². The number of carbonyl (C=O) groups is 1. The molecular weight excluding hydrogens is 368 g/mol. The number of rotatable bonds is 5. The fourth-order valence-electron chi connectivity index (χ4n) is 2.57. The van der Waals surface area contributed by atoms with E-state index in [9.17, 15) is 4.79 Å². The Morgan fingerprint density at radius 1 is 1.19 bits per heavy atom. The molecule has 2 aromatic rings. The quantitative estimate of drug-likeness (QED) is 0.680. The molecule has 0 fully saturated rings. The highest BCUT2D eigenvalue weighted by molar-refractivity contribution is 8.15. The van der Waals surface area contributed by atoms with Crippen LogP contribution in [0.1, 0.15) is 5.56 Å². The van der Waals surface area contributed by atoms with E-state index >= 15 is 0 Å². The van der Waals surface area contributed by atoms with E-state index in [0.29, 0.717) is 0 Å². The molecule has 26 heavy (non-hydrogen) atoms. The van der Waals surface area contributed by atoms with E-state index in [2.05, 4.69) is 6.07 Å². The minimum absolute atomic E-state index is 0.137. The third kappa shape index (κ3) is 4.41. The molecule has 0 saturated heterocycles. The molecule has 1 aliphatic rings. The number of aliphatic imine (C=N–C) groups is 1. The van der Waals surface area contributed by atoms with E-state index in [-0.39, 0.29) is 6.73 Å². The predicted molar refractivity (Wildman–Crippen MR) is 109 cm³/mol. The molecule has 136 valence electrons. The maximum atomic E-state index is 12.1. The minimum atomic E-state index is -0.441. The van der Waals surface area contributed by atoms with Crippen LogP contribution in [0.5, 0.6) is 0 Å². The molecule has 5 nitrogen and oxygen atoms in total. The number of benzene rings is 2. The first kappa shape index (κ1) is 18.8. The number of hydrogen-bond acceptors (Lipinski definition) is 6. The summed E-state index contributed by atoms with van der Waals surface area (Å²) in [5, 5.41) is 1.08. The number of ether oxygens (including phenoxy) is 2. The van der Waals surface area contributed by atoms with Gasteiger partial charge in [0.15, 0.2) is 0 Å². The standard InChI is InChI=1S/C19H20N2O3S2/c1-23-13-21(19(22)24-2)16-9-5-3-7-14(16)11-26-18-12-25-17-10-6-4-8-15(17)20-18/h3-10H,11-13H2,1-2H3. The van der Waals surface area contributed by atoms with Gasteiger partial charge in [-0.2, -0.15) is 0 Å². The van der Waals surface area contributed by atoms with E-state index < -0.39 is 6.09 Å². The van der Waals surface area contributed by atoms with E-state index in [4.69, 9.17) is 14.5 Å². The van der Waals surface area contributed by atoms with Gasteiger partial charge in [0, 0.05) is 23.5 Å². The number of thioether (sulfide) groups is 2. The van der Waals surface area contributed by atoms with E-state index in [1.165, 1.54) is 16.9 Å². The van der Waals surface area contributed by atoms with Crippen LogP contribution in [0.2, 0.25) is 0 Å². The molecule has 0 atom stereocenters. The summed E-state index contributed by atoms with van der Waals surface area (Å²) in [5.41, 5.74) is 2.85. The van der Waals surface area contributed by atoms with Gasteiger partial charge in [-0.3, -0.25) is 4.90 Å². The maximum Gasteiger partial charge on any atom is 0.415 e. The molecule has 0 radical (unpaired) electrons. The van der Waals surface area contributed by atoms with Crippen molar-refractivity contribution in [3.8, 4) is 0 Å². The number of para-hydroxylation sites is 2. The maximum absolute atomic E-state index is 12.1. The van der Waals surface area contributed by atoms with Crippen LogP contribution in [-0.4, -0.2) is 37.8 Å². The summed E-state index contributed by atoms with van der Waals surface area (Å²) in [7, 11) is 2.92. The van der Waals surface area contributed by atoms with Crippen molar-refractivity contribution in [3.05, 3.63) is 54.1 Å². The number of methoxy groups -OCH3 is 2. The van der Waals surface area contributed by atoms with Crippen molar-refractivity contribution >= 4 is 46.0 Å². The smallest absolute Gasteiger partial charge is 0.415 e. The molecule has 1 heterocycles. The Morgan fingerprint density at radius 2 is 1.96 bits per heavy atom.